The molecule has 4 nitrogen and oxygen atoms in total. The van der Waals surface area contributed by atoms with Gasteiger partial charge in [-0.25, -0.2) is 0 Å². The molecule has 0 aromatic carbocycles. The molecule has 26 heavy (non-hydrogen) atoms. The van der Waals surface area contributed by atoms with Crippen LogP contribution in [0.1, 0.15) is 25.8 Å². The van der Waals surface area contributed by atoms with E-state index in [-0.39, 0.29) is 11.8 Å². The van der Waals surface area contributed by atoms with Crippen molar-refractivity contribution in [1.82, 2.24) is 9.80 Å². The maximum atomic E-state index is 13.2. The third-order valence-electron chi connectivity index (χ3n) is 4.92. The summed E-state index contributed by atoms with van der Waals surface area (Å²) in [6, 6.07) is 4.11. The zero-order chi connectivity index (χ0) is 17.7. The minimum Gasteiger partial charge on any atom is -0.281 e. The molecular weight excluding hydrogens is 432 g/mol. The third-order valence-corrected chi connectivity index (χ3v) is 7.66. The molecule has 2 aromatic rings. The summed E-state index contributed by atoms with van der Waals surface area (Å²) in [6.45, 7) is 2.04. The van der Waals surface area contributed by atoms with Crippen LogP contribution in [0.15, 0.2) is 39.5 Å². The van der Waals surface area contributed by atoms with Gasteiger partial charge in [0.15, 0.2) is 0 Å². The molecule has 0 saturated carbocycles. The largest absolute Gasteiger partial charge is 0.281 e. The summed E-state index contributed by atoms with van der Waals surface area (Å²) in [5, 5.41) is 0. The van der Waals surface area contributed by atoms with E-state index in [1.54, 1.807) is 44.9 Å². The van der Waals surface area contributed by atoms with E-state index in [1.807, 2.05) is 25.1 Å². The van der Waals surface area contributed by atoms with E-state index in [0.717, 1.165) is 35.2 Å². The number of aryl methyl sites for hydroxylation is 1. The molecule has 0 saturated heterocycles. The van der Waals surface area contributed by atoms with E-state index in [0.29, 0.717) is 16.8 Å². The Hall–Kier alpha value is -2.22. The fraction of sp³-hybridized carbons (Fsp3) is 0.0526. The number of nitrogens with zero attached hydrogens (tertiary/aromatic N) is 2. The predicted octanol–water partition coefficient (Wildman–Crippen LogP) is 4.66. The fourth-order valence-electron chi connectivity index (χ4n) is 3.90. The second-order valence-electron chi connectivity index (χ2n) is 6.41. The minimum atomic E-state index is -0.125. The normalized spacial score (nSPS) is 19.3. The van der Waals surface area contributed by atoms with Gasteiger partial charge in [0, 0.05) is 17.3 Å². The molecular formula is C19H9BrN2O2S2. The predicted molar refractivity (Wildman–Crippen MR) is 107 cm³/mol. The molecule has 0 radical (unpaired) electrons. The second-order valence-corrected chi connectivity index (χ2v) is 10.1. The van der Waals surface area contributed by atoms with E-state index < -0.39 is 0 Å². The van der Waals surface area contributed by atoms with Crippen LogP contribution in [0.5, 0.6) is 0 Å². The van der Waals surface area contributed by atoms with Crippen molar-refractivity contribution in [3.63, 3.8) is 0 Å². The third kappa shape index (κ3) is 1.64. The molecule has 7 heteroatoms. The van der Waals surface area contributed by atoms with Crippen molar-refractivity contribution in [3.05, 3.63) is 65.2 Å². The average Bonchev–Trinajstić information content (AvgIpc) is 3.30. The molecule has 0 fully saturated rings. The van der Waals surface area contributed by atoms with Gasteiger partial charge in [-0.1, -0.05) is 0 Å². The number of thiophene rings is 2. The molecule has 0 spiro atoms. The summed E-state index contributed by atoms with van der Waals surface area (Å²) in [6.07, 6.45) is 7.43. The van der Waals surface area contributed by atoms with Crippen molar-refractivity contribution in [2.24, 2.45) is 0 Å². The Balaban J connectivity index is 1.71. The number of hydrogen-bond donors (Lipinski definition) is 0. The monoisotopic (exact) mass is 440 g/mol. The van der Waals surface area contributed by atoms with Gasteiger partial charge in [-0.05, 0) is 58.3 Å². The van der Waals surface area contributed by atoms with Crippen LogP contribution in [-0.4, -0.2) is 21.6 Å². The summed E-state index contributed by atoms with van der Waals surface area (Å²) < 4.78 is 0.981. The lowest BCUT2D eigenvalue weighted by Crippen LogP contribution is -2.25. The fourth-order valence-corrected chi connectivity index (χ4v) is 6.61. The van der Waals surface area contributed by atoms with Gasteiger partial charge in [0.1, 0.15) is 0 Å². The highest BCUT2D eigenvalue weighted by atomic mass is 79.9. The number of fused-ring (bicyclic) bond motifs is 7. The van der Waals surface area contributed by atoms with Gasteiger partial charge in [0.25, 0.3) is 11.8 Å². The van der Waals surface area contributed by atoms with Gasteiger partial charge in [-0.3, -0.25) is 19.4 Å². The van der Waals surface area contributed by atoms with Crippen molar-refractivity contribution < 1.29 is 9.59 Å². The van der Waals surface area contributed by atoms with E-state index in [9.17, 15) is 9.59 Å². The first-order valence-electron chi connectivity index (χ1n) is 7.97. The van der Waals surface area contributed by atoms with Crippen LogP contribution in [0, 0.1) is 6.92 Å². The maximum absolute atomic E-state index is 13.2. The minimum absolute atomic E-state index is 0.125. The van der Waals surface area contributed by atoms with E-state index in [1.165, 1.54) is 0 Å². The SMILES string of the molecule is Cc1cc2c(s1)C1=C3C(=O)N4C=Cc5cc(Br)sc5C4=C3C(=O)N1C=C2. The Morgan fingerprint density at radius 2 is 1.38 bits per heavy atom. The van der Waals surface area contributed by atoms with E-state index in [2.05, 4.69) is 22.0 Å². The Morgan fingerprint density at radius 1 is 0.846 bits per heavy atom. The van der Waals surface area contributed by atoms with Crippen molar-refractivity contribution in [2.45, 2.75) is 6.92 Å². The van der Waals surface area contributed by atoms with Crippen LogP contribution in [0.4, 0.5) is 0 Å². The van der Waals surface area contributed by atoms with Crippen molar-refractivity contribution in [3.8, 4) is 0 Å². The Labute approximate surface area is 165 Å². The van der Waals surface area contributed by atoms with Crippen LogP contribution in [0.2, 0.25) is 0 Å². The number of carbonyl (C=O) groups excluding carboxylic acids is 2. The smallest absolute Gasteiger partial charge is 0.265 e. The zero-order valence-corrected chi connectivity index (χ0v) is 16.6. The molecule has 0 aliphatic carbocycles. The molecule has 4 aliphatic heterocycles. The van der Waals surface area contributed by atoms with Gasteiger partial charge in [0.2, 0.25) is 0 Å². The summed E-state index contributed by atoms with van der Waals surface area (Å²) in [5.41, 5.74) is 4.60. The summed E-state index contributed by atoms with van der Waals surface area (Å²) in [7, 11) is 0. The molecule has 0 atom stereocenters. The van der Waals surface area contributed by atoms with Crippen LogP contribution >= 0.6 is 38.6 Å². The summed E-state index contributed by atoms with van der Waals surface area (Å²) in [4.78, 5) is 32.8. The summed E-state index contributed by atoms with van der Waals surface area (Å²) in [5.74, 6) is -0.251. The van der Waals surface area contributed by atoms with Gasteiger partial charge < -0.3 is 0 Å². The van der Waals surface area contributed by atoms with Gasteiger partial charge in [-0.2, -0.15) is 0 Å². The van der Waals surface area contributed by atoms with Crippen LogP contribution in [-0.2, 0) is 9.59 Å². The first-order valence-corrected chi connectivity index (χ1v) is 10.4. The number of rotatable bonds is 0. The van der Waals surface area contributed by atoms with Crippen molar-refractivity contribution >= 4 is 74.0 Å². The van der Waals surface area contributed by atoms with Crippen molar-refractivity contribution in [1.29, 1.82) is 0 Å². The number of halogens is 1. The molecule has 2 amide bonds. The number of hydrogen-bond acceptors (Lipinski definition) is 4. The van der Waals surface area contributed by atoms with Crippen LogP contribution in [0.25, 0.3) is 23.5 Å². The highest BCUT2D eigenvalue weighted by Crippen LogP contribution is 2.53. The molecule has 0 N–H and O–H groups in total. The first-order chi connectivity index (χ1) is 12.5. The molecule has 6 rings (SSSR count). The lowest BCUT2D eigenvalue weighted by atomic mass is 10.0. The molecule has 0 unspecified atom stereocenters. The van der Waals surface area contributed by atoms with E-state index in [4.69, 9.17) is 0 Å². The first kappa shape index (κ1) is 14.9. The molecule has 0 bridgehead atoms. The summed E-state index contributed by atoms with van der Waals surface area (Å²) >= 11 is 6.69. The van der Waals surface area contributed by atoms with Gasteiger partial charge in [0.05, 0.1) is 36.1 Å². The van der Waals surface area contributed by atoms with Gasteiger partial charge >= 0.3 is 0 Å². The average molecular weight is 441 g/mol. The van der Waals surface area contributed by atoms with E-state index >= 15 is 0 Å². The highest BCUT2D eigenvalue weighted by Gasteiger charge is 2.50. The molecule has 126 valence electrons. The lowest BCUT2D eigenvalue weighted by molar-refractivity contribution is -0.122. The molecule has 6 heterocycles. The van der Waals surface area contributed by atoms with Crippen LogP contribution in [0.3, 0.4) is 0 Å². The Morgan fingerprint density at radius 3 is 2.00 bits per heavy atom. The topological polar surface area (TPSA) is 40.6 Å². The Bertz CT molecular complexity index is 1110. The quantitative estimate of drug-likeness (QED) is 0.597. The van der Waals surface area contributed by atoms with Crippen LogP contribution < -0.4 is 0 Å². The maximum Gasteiger partial charge on any atom is 0.265 e. The second kappa shape index (κ2) is 4.73. The molecule has 4 aliphatic rings. The zero-order valence-electron chi connectivity index (χ0n) is 13.4. The number of carbonyl (C=O) groups is 2. The van der Waals surface area contributed by atoms with Crippen molar-refractivity contribution in [2.75, 3.05) is 0 Å². The highest BCUT2D eigenvalue weighted by molar-refractivity contribution is 9.11. The lowest BCUT2D eigenvalue weighted by Gasteiger charge is -2.24. The Kier molecular flexibility index (Phi) is 2.71. The standard InChI is InChI=1S/C19H9BrN2O2S2/c1-8-6-9-2-4-21-14(16(9)25-8)12-13(19(21)24)15-17-10(7-11(20)26-17)3-5-22(15)18(12)23/h2-7H,1H3. The number of amides is 2. The molecule has 2 aromatic heterocycles. The van der Waals surface area contributed by atoms with Gasteiger partial charge in [-0.15, -0.1) is 22.7 Å².